The van der Waals surface area contributed by atoms with E-state index in [1.165, 1.54) is 5.56 Å². The first-order valence-corrected chi connectivity index (χ1v) is 7.74. The van der Waals surface area contributed by atoms with Crippen LogP contribution in [0.15, 0.2) is 28.7 Å². The Labute approximate surface area is 134 Å². The van der Waals surface area contributed by atoms with Gasteiger partial charge in [0, 0.05) is 37.1 Å². The molecule has 0 aromatic heterocycles. The van der Waals surface area contributed by atoms with Crippen LogP contribution in [0.1, 0.15) is 12.0 Å². The second kappa shape index (κ2) is 6.92. The van der Waals surface area contributed by atoms with E-state index in [2.05, 4.69) is 38.3 Å². The van der Waals surface area contributed by atoms with E-state index in [-0.39, 0.29) is 12.4 Å². The molecule has 0 radical (unpaired) electrons. The maximum atomic E-state index is 12.2. The van der Waals surface area contributed by atoms with Crippen molar-refractivity contribution in [1.29, 1.82) is 0 Å². The minimum atomic E-state index is 0. The second-order valence-corrected chi connectivity index (χ2v) is 6.52. The fourth-order valence-electron chi connectivity index (χ4n) is 3.12. The van der Waals surface area contributed by atoms with E-state index < -0.39 is 0 Å². The Balaban J connectivity index is 0.00000147. The Morgan fingerprint density at radius 2 is 1.80 bits per heavy atom. The molecule has 2 aliphatic heterocycles. The van der Waals surface area contributed by atoms with Crippen molar-refractivity contribution in [2.75, 3.05) is 26.2 Å². The van der Waals surface area contributed by atoms with Crippen LogP contribution in [0.3, 0.4) is 0 Å². The molecule has 1 aromatic carbocycles. The Morgan fingerprint density at radius 1 is 1.20 bits per heavy atom. The van der Waals surface area contributed by atoms with Crippen molar-refractivity contribution in [1.82, 2.24) is 10.2 Å². The molecule has 0 bridgehead atoms. The monoisotopic (exact) mass is 358 g/mol. The molecule has 2 atom stereocenters. The number of aryl methyl sites for hydroxylation is 1. The summed E-state index contributed by atoms with van der Waals surface area (Å²) in [5, 5.41) is 3.40. The summed E-state index contributed by atoms with van der Waals surface area (Å²) in [6, 6.07) is 8.23. The number of benzene rings is 1. The van der Waals surface area contributed by atoms with Crippen LogP contribution in [0.5, 0.6) is 0 Å². The number of halogens is 2. The van der Waals surface area contributed by atoms with Crippen LogP contribution >= 0.6 is 28.3 Å². The lowest BCUT2D eigenvalue weighted by Gasteiger charge is -2.17. The Hall–Kier alpha value is -0.580. The lowest BCUT2D eigenvalue weighted by Crippen LogP contribution is -2.31. The topological polar surface area (TPSA) is 32.3 Å². The molecule has 1 aromatic rings. The quantitative estimate of drug-likeness (QED) is 0.899. The summed E-state index contributed by atoms with van der Waals surface area (Å²) in [5.74, 6) is 1.70. The highest BCUT2D eigenvalue weighted by atomic mass is 79.9. The zero-order valence-corrected chi connectivity index (χ0v) is 13.8. The van der Waals surface area contributed by atoms with Gasteiger partial charge in [0.2, 0.25) is 5.91 Å². The Kier molecular flexibility index (Phi) is 5.47. The molecule has 2 saturated heterocycles. The van der Waals surface area contributed by atoms with Crippen LogP contribution in [0.4, 0.5) is 0 Å². The third-order valence-electron chi connectivity index (χ3n) is 4.28. The van der Waals surface area contributed by atoms with E-state index in [1.54, 1.807) is 0 Å². The second-order valence-electron chi connectivity index (χ2n) is 5.60. The highest BCUT2D eigenvalue weighted by Gasteiger charge is 2.37. The van der Waals surface area contributed by atoms with Crippen molar-refractivity contribution in [2.45, 2.75) is 12.8 Å². The van der Waals surface area contributed by atoms with Gasteiger partial charge in [-0.15, -0.1) is 12.4 Å². The number of likely N-dealkylation sites (tertiary alicyclic amines) is 1. The zero-order chi connectivity index (χ0) is 13.2. The van der Waals surface area contributed by atoms with E-state index >= 15 is 0 Å². The molecule has 2 fully saturated rings. The maximum Gasteiger partial charge on any atom is 0.222 e. The van der Waals surface area contributed by atoms with Gasteiger partial charge < -0.3 is 10.2 Å². The number of hydrogen-bond donors (Lipinski definition) is 1. The third-order valence-corrected chi connectivity index (χ3v) is 4.81. The average molecular weight is 360 g/mol. The van der Waals surface area contributed by atoms with E-state index in [0.717, 1.165) is 37.1 Å². The number of fused-ring (bicyclic) bond motifs is 1. The normalized spacial score (nSPS) is 24.4. The SMILES string of the molecule is Cl.O=C(CCc1ccc(Br)cc1)N1C[C@H]2CNC[C@H]2C1. The number of nitrogens with one attached hydrogen (secondary N) is 1. The minimum Gasteiger partial charge on any atom is -0.342 e. The maximum absolute atomic E-state index is 12.2. The van der Waals surface area contributed by atoms with Gasteiger partial charge in [-0.3, -0.25) is 4.79 Å². The van der Waals surface area contributed by atoms with Gasteiger partial charge in [0.1, 0.15) is 0 Å². The molecule has 3 rings (SSSR count). The minimum absolute atomic E-state index is 0. The Morgan fingerprint density at radius 3 is 2.40 bits per heavy atom. The average Bonchev–Trinajstić information content (AvgIpc) is 2.98. The zero-order valence-electron chi connectivity index (χ0n) is 11.3. The largest absolute Gasteiger partial charge is 0.342 e. The summed E-state index contributed by atoms with van der Waals surface area (Å²) in [6.07, 6.45) is 1.48. The van der Waals surface area contributed by atoms with Crippen molar-refractivity contribution >= 4 is 34.2 Å². The van der Waals surface area contributed by atoms with Crippen LogP contribution in [-0.2, 0) is 11.2 Å². The molecule has 1 N–H and O–H groups in total. The van der Waals surface area contributed by atoms with E-state index in [1.807, 2.05) is 12.1 Å². The fourth-order valence-corrected chi connectivity index (χ4v) is 3.38. The van der Waals surface area contributed by atoms with Crippen LogP contribution in [0.25, 0.3) is 0 Å². The lowest BCUT2D eigenvalue weighted by molar-refractivity contribution is -0.130. The molecule has 0 spiro atoms. The first-order chi connectivity index (χ1) is 9.22. The van der Waals surface area contributed by atoms with Crippen LogP contribution in [-0.4, -0.2) is 37.0 Å². The number of nitrogens with zero attached hydrogens (tertiary/aromatic N) is 1. The van der Waals surface area contributed by atoms with Crippen molar-refractivity contribution in [3.05, 3.63) is 34.3 Å². The molecule has 0 aliphatic carbocycles. The molecule has 3 nitrogen and oxygen atoms in total. The molecule has 20 heavy (non-hydrogen) atoms. The number of hydrogen-bond acceptors (Lipinski definition) is 2. The molecule has 5 heteroatoms. The van der Waals surface area contributed by atoms with Gasteiger partial charge in [-0.05, 0) is 36.0 Å². The summed E-state index contributed by atoms with van der Waals surface area (Å²) < 4.78 is 1.09. The molecule has 0 saturated carbocycles. The molecule has 110 valence electrons. The summed E-state index contributed by atoms with van der Waals surface area (Å²) in [6.45, 7) is 4.08. The first-order valence-electron chi connectivity index (χ1n) is 6.95. The fraction of sp³-hybridized carbons (Fsp3) is 0.533. The Bertz CT molecular complexity index is 453. The predicted molar refractivity (Wildman–Crippen MR) is 86.1 cm³/mol. The van der Waals surface area contributed by atoms with E-state index in [9.17, 15) is 4.79 Å². The number of rotatable bonds is 3. The van der Waals surface area contributed by atoms with Crippen molar-refractivity contribution in [3.63, 3.8) is 0 Å². The van der Waals surface area contributed by atoms with Gasteiger partial charge in [0.05, 0.1) is 0 Å². The smallest absolute Gasteiger partial charge is 0.222 e. The summed E-state index contributed by atoms with van der Waals surface area (Å²) in [5.41, 5.74) is 1.23. The lowest BCUT2D eigenvalue weighted by atomic mass is 10.0. The molecule has 2 aliphatic rings. The highest BCUT2D eigenvalue weighted by Crippen LogP contribution is 2.26. The molecular weight excluding hydrogens is 340 g/mol. The van der Waals surface area contributed by atoms with Gasteiger partial charge in [0.15, 0.2) is 0 Å². The summed E-state index contributed by atoms with van der Waals surface area (Å²) >= 11 is 3.43. The summed E-state index contributed by atoms with van der Waals surface area (Å²) in [7, 11) is 0. The van der Waals surface area contributed by atoms with Gasteiger partial charge in [-0.1, -0.05) is 28.1 Å². The third kappa shape index (κ3) is 3.54. The molecule has 2 heterocycles. The van der Waals surface area contributed by atoms with Crippen molar-refractivity contribution < 1.29 is 4.79 Å². The van der Waals surface area contributed by atoms with Gasteiger partial charge >= 0.3 is 0 Å². The molecule has 1 amide bonds. The standard InChI is InChI=1S/C15H19BrN2O.ClH/c16-14-4-1-11(2-5-14)3-6-15(19)18-9-12-7-17-8-13(12)10-18;/h1-2,4-5,12-13,17H,3,6-10H2;1H/t12-,13+;. The van der Waals surface area contributed by atoms with Gasteiger partial charge in [-0.25, -0.2) is 0 Å². The number of carbonyl (C=O) groups is 1. The van der Waals surface area contributed by atoms with Gasteiger partial charge in [-0.2, -0.15) is 0 Å². The molecule has 0 unspecified atom stereocenters. The van der Waals surface area contributed by atoms with Crippen LogP contribution in [0, 0.1) is 11.8 Å². The van der Waals surface area contributed by atoms with Crippen molar-refractivity contribution in [3.8, 4) is 0 Å². The van der Waals surface area contributed by atoms with Crippen molar-refractivity contribution in [2.24, 2.45) is 11.8 Å². The summed E-state index contributed by atoms with van der Waals surface area (Å²) in [4.78, 5) is 14.3. The first kappa shape index (κ1) is 15.8. The number of carbonyl (C=O) groups excluding carboxylic acids is 1. The highest BCUT2D eigenvalue weighted by molar-refractivity contribution is 9.10. The molecular formula is C15H20BrClN2O. The van der Waals surface area contributed by atoms with Crippen LogP contribution < -0.4 is 5.32 Å². The predicted octanol–water partition coefficient (Wildman–Crippen LogP) is 2.48. The van der Waals surface area contributed by atoms with Crippen LogP contribution in [0.2, 0.25) is 0 Å². The van der Waals surface area contributed by atoms with Gasteiger partial charge in [0.25, 0.3) is 0 Å². The van der Waals surface area contributed by atoms with E-state index in [0.29, 0.717) is 24.2 Å². The number of amides is 1. The van der Waals surface area contributed by atoms with E-state index in [4.69, 9.17) is 0 Å².